The molecule has 0 spiro atoms. The Morgan fingerprint density at radius 1 is 0.947 bits per heavy atom. The van der Waals surface area contributed by atoms with Gasteiger partial charge in [0.2, 0.25) is 0 Å². The monoisotopic (exact) mass is 526 g/mol. The first-order chi connectivity index (χ1) is 18.3. The van der Waals surface area contributed by atoms with Crippen molar-refractivity contribution in [3.8, 4) is 22.6 Å². The molecule has 1 aliphatic carbocycles. The number of hydrogen-bond donors (Lipinski definition) is 1. The summed E-state index contributed by atoms with van der Waals surface area (Å²) in [7, 11) is 0. The highest BCUT2D eigenvalue weighted by molar-refractivity contribution is 5.91. The molecule has 0 bridgehead atoms. The van der Waals surface area contributed by atoms with Crippen molar-refractivity contribution in [3.63, 3.8) is 0 Å². The number of benzene rings is 3. The summed E-state index contributed by atoms with van der Waals surface area (Å²) in [5.74, 6) is -2.78. The molecule has 0 aromatic heterocycles. The van der Waals surface area contributed by atoms with Gasteiger partial charge >= 0.3 is 5.97 Å². The van der Waals surface area contributed by atoms with Crippen molar-refractivity contribution in [2.45, 2.75) is 64.4 Å². The molecule has 1 atom stereocenters. The van der Waals surface area contributed by atoms with E-state index in [4.69, 9.17) is 9.47 Å². The predicted molar refractivity (Wildman–Crippen MR) is 140 cm³/mol. The highest BCUT2D eigenvalue weighted by atomic mass is 19.2. The highest BCUT2D eigenvalue weighted by Gasteiger charge is 2.29. The van der Waals surface area contributed by atoms with E-state index in [0.29, 0.717) is 17.7 Å². The van der Waals surface area contributed by atoms with Crippen molar-refractivity contribution in [2.75, 3.05) is 6.61 Å². The number of halogens is 3. The first-order valence-electron chi connectivity index (χ1n) is 13.2. The lowest BCUT2D eigenvalue weighted by molar-refractivity contribution is 0.0725. The van der Waals surface area contributed by atoms with E-state index in [9.17, 15) is 14.3 Å². The molecular weight excluding hydrogens is 493 g/mol. The van der Waals surface area contributed by atoms with Crippen molar-refractivity contribution in [1.29, 1.82) is 0 Å². The van der Waals surface area contributed by atoms with E-state index < -0.39 is 23.4 Å². The molecule has 202 valence electrons. The SMILES string of the molecule is CCCC(O)C1CCC(c2ccc(-c3ccc(OC(=O)c4ccc(OCC)c(F)c4)cc3)c(F)c2F)CC1. The van der Waals surface area contributed by atoms with Crippen LogP contribution in [-0.2, 0) is 0 Å². The quantitative estimate of drug-likeness (QED) is 0.228. The summed E-state index contributed by atoms with van der Waals surface area (Å²) >= 11 is 0. The lowest BCUT2D eigenvalue weighted by Crippen LogP contribution is -2.25. The van der Waals surface area contributed by atoms with E-state index in [0.717, 1.165) is 44.6 Å². The summed E-state index contributed by atoms with van der Waals surface area (Å²) < 4.78 is 54.7. The minimum Gasteiger partial charge on any atom is -0.491 e. The Morgan fingerprint density at radius 2 is 1.66 bits per heavy atom. The van der Waals surface area contributed by atoms with E-state index in [1.807, 2.05) is 6.92 Å². The van der Waals surface area contributed by atoms with Gasteiger partial charge in [-0.25, -0.2) is 18.0 Å². The van der Waals surface area contributed by atoms with Crippen LogP contribution in [0.2, 0.25) is 0 Å². The second kappa shape index (κ2) is 12.5. The van der Waals surface area contributed by atoms with Crippen molar-refractivity contribution in [2.24, 2.45) is 5.92 Å². The molecule has 1 aliphatic rings. The summed E-state index contributed by atoms with van der Waals surface area (Å²) in [6.45, 7) is 4.07. The molecule has 0 amide bonds. The number of rotatable bonds is 9. The molecule has 0 radical (unpaired) electrons. The number of carbonyl (C=O) groups is 1. The maximum atomic E-state index is 15.1. The molecule has 3 aromatic rings. The molecule has 1 N–H and O–H groups in total. The topological polar surface area (TPSA) is 55.8 Å². The second-order valence-corrected chi connectivity index (χ2v) is 9.79. The summed E-state index contributed by atoms with van der Waals surface area (Å²) in [5, 5.41) is 10.3. The summed E-state index contributed by atoms with van der Waals surface area (Å²) in [6.07, 6.45) is 4.42. The fraction of sp³-hybridized carbons (Fsp3) is 0.387. The van der Waals surface area contributed by atoms with Gasteiger partial charge in [0.05, 0.1) is 18.3 Å². The van der Waals surface area contributed by atoms with Crippen molar-refractivity contribution >= 4 is 5.97 Å². The van der Waals surface area contributed by atoms with Gasteiger partial charge in [0, 0.05) is 5.56 Å². The average molecular weight is 527 g/mol. The third-order valence-electron chi connectivity index (χ3n) is 7.30. The molecule has 4 rings (SSSR count). The summed E-state index contributed by atoms with van der Waals surface area (Å²) in [4.78, 5) is 12.4. The molecule has 38 heavy (non-hydrogen) atoms. The maximum Gasteiger partial charge on any atom is 0.343 e. The second-order valence-electron chi connectivity index (χ2n) is 9.79. The van der Waals surface area contributed by atoms with E-state index in [1.54, 1.807) is 31.2 Å². The lowest BCUT2D eigenvalue weighted by atomic mass is 9.75. The Labute approximate surface area is 221 Å². The molecular formula is C31H33F3O4. The van der Waals surface area contributed by atoms with Gasteiger partial charge in [-0.2, -0.15) is 0 Å². The van der Waals surface area contributed by atoms with Crippen LogP contribution in [0.3, 0.4) is 0 Å². The van der Waals surface area contributed by atoms with E-state index in [-0.39, 0.29) is 40.6 Å². The van der Waals surface area contributed by atoms with Crippen LogP contribution >= 0.6 is 0 Å². The van der Waals surface area contributed by atoms with Crippen LogP contribution in [0.1, 0.15) is 74.2 Å². The van der Waals surface area contributed by atoms with Crippen molar-refractivity contribution < 1.29 is 32.5 Å². The third kappa shape index (κ3) is 6.21. The molecule has 0 aliphatic heterocycles. The Balaban J connectivity index is 1.42. The van der Waals surface area contributed by atoms with Crippen LogP contribution in [0.25, 0.3) is 11.1 Å². The predicted octanol–water partition coefficient (Wildman–Crippen LogP) is 7.82. The fourth-order valence-corrected chi connectivity index (χ4v) is 5.22. The number of ether oxygens (including phenoxy) is 2. The zero-order valence-electron chi connectivity index (χ0n) is 21.7. The minimum atomic E-state index is -0.912. The average Bonchev–Trinajstić information content (AvgIpc) is 2.92. The van der Waals surface area contributed by atoms with Gasteiger partial charge in [-0.3, -0.25) is 0 Å². The van der Waals surface area contributed by atoms with Crippen LogP contribution in [0.15, 0.2) is 54.6 Å². The fourth-order valence-electron chi connectivity index (χ4n) is 5.22. The van der Waals surface area contributed by atoms with Gasteiger partial charge in [-0.15, -0.1) is 0 Å². The van der Waals surface area contributed by atoms with Crippen molar-refractivity contribution in [1.82, 2.24) is 0 Å². The molecule has 0 saturated heterocycles. The van der Waals surface area contributed by atoms with Crippen LogP contribution in [0, 0.1) is 23.4 Å². The van der Waals surface area contributed by atoms with Gasteiger partial charge < -0.3 is 14.6 Å². The molecule has 1 saturated carbocycles. The summed E-state index contributed by atoms with van der Waals surface area (Å²) in [5.41, 5.74) is 0.950. The number of hydrogen-bond acceptors (Lipinski definition) is 4. The highest BCUT2D eigenvalue weighted by Crippen LogP contribution is 2.40. The first kappa shape index (κ1) is 27.7. The van der Waals surface area contributed by atoms with E-state index in [1.165, 1.54) is 24.3 Å². The molecule has 1 unspecified atom stereocenters. The number of aliphatic hydroxyl groups is 1. The molecule has 1 fully saturated rings. The zero-order valence-corrected chi connectivity index (χ0v) is 21.7. The van der Waals surface area contributed by atoms with Gasteiger partial charge in [0.15, 0.2) is 23.2 Å². The van der Waals surface area contributed by atoms with Gasteiger partial charge in [0.1, 0.15) is 5.75 Å². The van der Waals surface area contributed by atoms with Crippen LogP contribution in [-0.4, -0.2) is 23.8 Å². The smallest absolute Gasteiger partial charge is 0.343 e. The first-order valence-corrected chi connectivity index (χ1v) is 13.2. The Morgan fingerprint density at radius 3 is 2.29 bits per heavy atom. The lowest BCUT2D eigenvalue weighted by Gasteiger charge is -2.32. The number of aliphatic hydroxyl groups excluding tert-OH is 1. The van der Waals surface area contributed by atoms with Gasteiger partial charge in [-0.05, 0) is 92.3 Å². The third-order valence-corrected chi connectivity index (χ3v) is 7.30. The molecule has 7 heteroatoms. The minimum absolute atomic E-state index is 0.0210. The largest absolute Gasteiger partial charge is 0.491 e. The van der Waals surface area contributed by atoms with Crippen LogP contribution < -0.4 is 9.47 Å². The summed E-state index contributed by atoms with van der Waals surface area (Å²) in [6, 6.07) is 13.1. The van der Waals surface area contributed by atoms with Gasteiger partial charge in [-0.1, -0.05) is 37.6 Å². The number of esters is 1. The zero-order chi connectivity index (χ0) is 27.2. The molecule has 3 aromatic carbocycles. The molecule has 0 heterocycles. The number of carbonyl (C=O) groups excluding carboxylic acids is 1. The Hall–Kier alpha value is -3.32. The van der Waals surface area contributed by atoms with E-state index >= 15 is 8.78 Å². The van der Waals surface area contributed by atoms with Crippen LogP contribution in [0.5, 0.6) is 11.5 Å². The maximum absolute atomic E-state index is 15.1. The van der Waals surface area contributed by atoms with Gasteiger partial charge in [0.25, 0.3) is 0 Å². The van der Waals surface area contributed by atoms with E-state index in [2.05, 4.69) is 0 Å². The Bertz CT molecular complexity index is 1250. The van der Waals surface area contributed by atoms with Crippen LogP contribution in [0.4, 0.5) is 13.2 Å². The normalized spacial score (nSPS) is 18.2. The standard InChI is InChI=1S/C31H33F3O4/c1-3-5-27(35)21-8-6-19(7-9-21)24-15-16-25(30(34)29(24)33)20-10-13-23(14-11-20)38-31(36)22-12-17-28(37-4-2)26(32)18-22/h10-19,21,27,35H,3-9H2,1-2H3. The van der Waals surface area contributed by atoms with Crippen molar-refractivity contribution in [3.05, 3.63) is 83.2 Å². The Kier molecular flexibility index (Phi) is 9.10. The molecule has 4 nitrogen and oxygen atoms in total.